The van der Waals surface area contributed by atoms with Crippen LogP contribution >= 0.6 is 0 Å². The number of nitrogens with one attached hydrogen (secondary N) is 1. The summed E-state index contributed by atoms with van der Waals surface area (Å²) < 4.78 is 13.2. The van der Waals surface area contributed by atoms with Gasteiger partial charge in [0.15, 0.2) is 0 Å². The van der Waals surface area contributed by atoms with Crippen molar-refractivity contribution in [2.45, 2.75) is 26.3 Å². The van der Waals surface area contributed by atoms with Crippen LogP contribution in [-0.2, 0) is 11.2 Å². The molecule has 3 rings (SSSR count). The lowest BCUT2D eigenvalue weighted by Crippen LogP contribution is -2.27. The molecule has 0 bridgehead atoms. The van der Waals surface area contributed by atoms with Crippen LogP contribution in [0.1, 0.15) is 25.5 Å². The third kappa shape index (κ3) is 4.94. The Hall–Kier alpha value is -3.21. The summed E-state index contributed by atoms with van der Waals surface area (Å²) in [7, 11) is 0. The minimum absolute atomic E-state index is 0.102. The Morgan fingerprint density at radius 1 is 0.964 bits per heavy atom. The summed E-state index contributed by atoms with van der Waals surface area (Å²) in [4.78, 5) is 13.2. The lowest BCUT2D eigenvalue weighted by Gasteiger charge is -2.20. The minimum atomic E-state index is -0.373. The summed E-state index contributed by atoms with van der Waals surface area (Å²) in [6.45, 7) is 4.92. The summed E-state index contributed by atoms with van der Waals surface area (Å²) in [6, 6.07) is 19.0. The number of aromatic nitrogens is 1. The molecule has 0 fully saturated rings. The topological polar surface area (TPSA) is 52.5 Å². The number of hydrogen-bond donors (Lipinski definition) is 1. The van der Waals surface area contributed by atoms with E-state index in [2.05, 4.69) is 5.32 Å². The SMILES string of the molecule is CCOc1ccc(OCC)c(NC(=O)[C@@H](Cc2ccccc2)n2cccc2)c1. The van der Waals surface area contributed by atoms with Crippen LogP contribution in [-0.4, -0.2) is 23.7 Å². The second-order valence-electron chi connectivity index (χ2n) is 6.35. The summed E-state index contributed by atoms with van der Waals surface area (Å²) in [5.74, 6) is 1.22. The highest BCUT2D eigenvalue weighted by molar-refractivity contribution is 5.95. The van der Waals surface area contributed by atoms with Crippen molar-refractivity contribution in [1.82, 2.24) is 4.57 Å². The van der Waals surface area contributed by atoms with Crippen molar-refractivity contribution in [3.05, 3.63) is 78.6 Å². The molecule has 0 spiro atoms. The van der Waals surface area contributed by atoms with Crippen molar-refractivity contribution in [2.75, 3.05) is 18.5 Å². The second-order valence-corrected chi connectivity index (χ2v) is 6.35. The number of carbonyl (C=O) groups excluding carboxylic acids is 1. The van der Waals surface area contributed by atoms with Crippen LogP contribution < -0.4 is 14.8 Å². The third-order valence-electron chi connectivity index (χ3n) is 4.38. The molecule has 0 radical (unpaired) electrons. The number of carbonyl (C=O) groups is 1. The second kappa shape index (κ2) is 9.65. The number of anilines is 1. The van der Waals surface area contributed by atoms with Gasteiger partial charge >= 0.3 is 0 Å². The molecular formula is C23H26N2O3. The van der Waals surface area contributed by atoms with Crippen LogP contribution in [0.5, 0.6) is 11.5 Å². The molecule has 5 heteroatoms. The van der Waals surface area contributed by atoms with Gasteiger partial charge in [-0.2, -0.15) is 0 Å². The van der Waals surface area contributed by atoms with Crippen LogP contribution in [0.2, 0.25) is 0 Å². The summed E-state index contributed by atoms with van der Waals surface area (Å²) in [6.07, 6.45) is 4.41. The normalized spacial score (nSPS) is 11.6. The van der Waals surface area contributed by atoms with Crippen molar-refractivity contribution >= 4 is 11.6 Å². The Morgan fingerprint density at radius 2 is 1.68 bits per heavy atom. The Labute approximate surface area is 165 Å². The van der Waals surface area contributed by atoms with Gasteiger partial charge in [0.25, 0.3) is 0 Å². The van der Waals surface area contributed by atoms with E-state index in [0.717, 1.165) is 5.56 Å². The Kier molecular flexibility index (Phi) is 6.73. The van der Waals surface area contributed by atoms with Gasteiger partial charge in [-0.05, 0) is 43.7 Å². The van der Waals surface area contributed by atoms with E-state index < -0.39 is 0 Å². The number of rotatable bonds is 9. The first-order valence-corrected chi connectivity index (χ1v) is 9.58. The molecule has 1 atom stereocenters. The maximum absolute atomic E-state index is 13.2. The van der Waals surface area contributed by atoms with Crippen LogP contribution in [0.4, 0.5) is 5.69 Å². The molecule has 146 valence electrons. The number of hydrogen-bond acceptors (Lipinski definition) is 3. The molecule has 0 aliphatic carbocycles. The molecule has 1 amide bonds. The first kappa shape index (κ1) is 19.5. The van der Waals surface area contributed by atoms with Crippen molar-refractivity contribution < 1.29 is 14.3 Å². The highest BCUT2D eigenvalue weighted by atomic mass is 16.5. The molecule has 1 N–H and O–H groups in total. The average Bonchev–Trinajstić information content (AvgIpc) is 3.23. The van der Waals surface area contributed by atoms with E-state index in [-0.39, 0.29) is 11.9 Å². The van der Waals surface area contributed by atoms with E-state index in [0.29, 0.717) is 36.8 Å². The fraction of sp³-hybridized carbons (Fsp3) is 0.261. The predicted molar refractivity (Wildman–Crippen MR) is 111 cm³/mol. The molecule has 0 aliphatic rings. The highest BCUT2D eigenvalue weighted by Gasteiger charge is 2.22. The number of benzene rings is 2. The van der Waals surface area contributed by atoms with Gasteiger partial charge < -0.3 is 19.4 Å². The molecule has 1 aromatic heterocycles. The van der Waals surface area contributed by atoms with E-state index in [1.54, 1.807) is 0 Å². The fourth-order valence-corrected chi connectivity index (χ4v) is 3.09. The van der Waals surface area contributed by atoms with Crippen molar-refractivity contribution in [1.29, 1.82) is 0 Å². The van der Waals surface area contributed by atoms with E-state index in [4.69, 9.17) is 9.47 Å². The van der Waals surface area contributed by atoms with Gasteiger partial charge in [-0.1, -0.05) is 30.3 Å². The molecule has 28 heavy (non-hydrogen) atoms. The van der Waals surface area contributed by atoms with Crippen LogP contribution in [0.25, 0.3) is 0 Å². The molecular weight excluding hydrogens is 352 g/mol. The highest BCUT2D eigenvalue weighted by Crippen LogP contribution is 2.30. The predicted octanol–water partition coefficient (Wildman–Crippen LogP) is 4.71. The Bertz CT molecular complexity index is 876. The lowest BCUT2D eigenvalue weighted by molar-refractivity contribution is -0.119. The van der Waals surface area contributed by atoms with Gasteiger partial charge in [0, 0.05) is 24.9 Å². The number of ether oxygens (including phenoxy) is 2. The van der Waals surface area contributed by atoms with Crippen LogP contribution in [0.15, 0.2) is 73.1 Å². The summed E-state index contributed by atoms with van der Waals surface area (Å²) in [5, 5.41) is 3.04. The van der Waals surface area contributed by atoms with E-state index in [1.165, 1.54) is 0 Å². The van der Waals surface area contributed by atoms with Crippen LogP contribution in [0.3, 0.4) is 0 Å². The summed E-state index contributed by atoms with van der Waals surface area (Å²) >= 11 is 0. The van der Waals surface area contributed by atoms with Crippen molar-refractivity contribution in [3.63, 3.8) is 0 Å². The largest absolute Gasteiger partial charge is 0.494 e. The Balaban J connectivity index is 1.86. The zero-order chi connectivity index (χ0) is 19.8. The summed E-state index contributed by atoms with van der Waals surface area (Å²) in [5.41, 5.74) is 1.72. The molecule has 1 heterocycles. The van der Waals surface area contributed by atoms with E-state index in [9.17, 15) is 4.79 Å². The van der Waals surface area contributed by atoms with E-state index in [1.807, 2.05) is 91.5 Å². The quantitative estimate of drug-likeness (QED) is 0.587. The van der Waals surface area contributed by atoms with E-state index >= 15 is 0 Å². The first-order chi connectivity index (χ1) is 13.7. The lowest BCUT2D eigenvalue weighted by atomic mass is 10.0. The molecule has 0 unspecified atom stereocenters. The van der Waals surface area contributed by atoms with Crippen LogP contribution in [0, 0.1) is 0 Å². The van der Waals surface area contributed by atoms with Gasteiger partial charge in [0.05, 0.1) is 18.9 Å². The Morgan fingerprint density at radius 3 is 2.36 bits per heavy atom. The molecule has 0 saturated carbocycles. The molecule has 2 aromatic carbocycles. The van der Waals surface area contributed by atoms with Crippen molar-refractivity contribution in [3.8, 4) is 11.5 Å². The number of amides is 1. The van der Waals surface area contributed by atoms with Gasteiger partial charge in [0.2, 0.25) is 5.91 Å². The number of nitrogens with zero attached hydrogens (tertiary/aromatic N) is 1. The monoisotopic (exact) mass is 378 g/mol. The molecule has 0 saturated heterocycles. The molecule has 5 nitrogen and oxygen atoms in total. The smallest absolute Gasteiger partial charge is 0.247 e. The average molecular weight is 378 g/mol. The first-order valence-electron chi connectivity index (χ1n) is 9.58. The maximum Gasteiger partial charge on any atom is 0.247 e. The van der Waals surface area contributed by atoms with Gasteiger partial charge in [-0.3, -0.25) is 4.79 Å². The van der Waals surface area contributed by atoms with Gasteiger partial charge in [-0.15, -0.1) is 0 Å². The minimum Gasteiger partial charge on any atom is -0.494 e. The van der Waals surface area contributed by atoms with Gasteiger partial charge in [0.1, 0.15) is 17.5 Å². The maximum atomic E-state index is 13.2. The molecule has 0 aliphatic heterocycles. The van der Waals surface area contributed by atoms with Gasteiger partial charge in [-0.25, -0.2) is 0 Å². The standard InChI is InChI=1S/C23H26N2O3/c1-3-27-19-12-13-22(28-4-2)20(17-19)24-23(26)21(25-14-8-9-15-25)16-18-10-6-5-7-11-18/h5-15,17,21H,3-4,16H2,1-2H3,(H,24,26)/t21-/m1/s1. The third-order valence-corrected chi connectivity index (χ3v) is 4.38. The zero-order valence-electron chi connectivity index (χ0n) is 16.3. The molecule has 3 aromatic rings. The zero-order valence-corrected chi connectivity index (χ0v) is 16.3. The van der Waals surface area contributed by atoms with Crippen molar-refractivity contribution in [2.24, 2.45) is 0 Å². The fourth-order valence-electron chi connectivity index (χ4n) is 3.09.